The van der Waals surface area contributed by atoms with Gasteiger partial charge in [-0.1, -0.05) is 43.0 Å². The summed E-state index contributed by atoms with van der Waals surface area (Å²) in [6.45, 7) is 11.9. The second-order valence-corrected chi connectivity index (χ2v) is 12.1. The van der Waals surface area contributed by atoms with Gasteiger partial charge in [0.2, 0.25) is 0 Å². The van der Waals surface area contributed by atoms with Gasteiger partial charge in [0.1, 0.15) is 21.9 Å². The Labute approximate surface area is 203 Å². The minimum absolute atomic E-state index is 0.0945. The number of carbonyl (C=O) groups is 1. The fraction of sp³-hybridized carbons (Fsp3) is 0.385. The number of hydrogen-bond donors (Lipinski definition) is 0. The number of thiazole rings is 1. The van der Waals surface area contributed by atoms with Crippen molar-refractivity contribution in [1.29, 1.82) is 0 Å². The van der Waals surface area contributed by atoms with Gasteiger partial charge in [-0.05, 0) is 70.0 Å². The number of hydrogen-bond acceptors (Lipinski definition) is 6. The Bertz CT molecular complexity index is 1070. The molecule has 0 aliphatic carbocycles. The van der Waals surface area contributed by atoms with E-state index in [4.69, 9.17) is 14.5 Å². The molecule has 0 N–H and O–H groups in total. The Morgan fingerprint density at radius 1 is 1.03 bits per heavy atom. The van der Waals surface area contributed by atoms with Gasteiger partial charge in [-0.15, -0.1) is 11.3 Å². The second-order valence-electron chi connectivity index (χ2n) is 9.40. The summed E-state index contributed by atoms with van der Waals surface area (Å²) < 4.78 is 24.7. The van der Waals surface area contributed by atoms with Crippen molar-refractivity contribution in [2.75, 3.05) is 6.61 Å². The molecule has 3 aromatic rings. The minimum Gasteiger partial charge on any atom is -0.493 e. The zero-order chi connectivity index (χ0) is 24.2. The smallest absolute Gasteiger partial charge is 0.322 e. The first-order chi connectivity index (χ1) is 15.4. The van der Waals surface area contributed by atoms with E-state index < -0.39 is 10.3 Å². The van der Waals surface area contributed by atoms with E-state index in [0.717, 1.165) is 26.9 Å². The summed E-state index contributed by atoms with van der Waals surface area (Å²) in [6, 6.07) is 14.2. The zero-order valence-corrected chi connectivity index (χ0v) is 21.5. The number of aromatic nitrogens is 1. The van der Waals surface area contributed by atoms with Gasteiger partial charge in [-0.25, -0.2) is 9.37 Å². The number of halogens is 1. The van der Waals surface area contributed by atoms with E-state index in [1.807, 2.05) is 64.3 Å². The van der Waals surface area contributed by atoms with Gasteiger partial charge in [-0.3, -0.25) is 4.79 Å². The van der Waals surface area contributed by atoms with Crippen LogP contribution in [0.5, 0.6) is 5.75 Å². The number of nitrogens with zero attached hydrogens (tertiary/aromatic N) is 1. The third kappa shape index (κ3) is 7.30. The van der Waals surface area contributed by atoms with Crippen LogP contribution in [0.4, 0.5) is 4.39 Å². The normalized spacial score (nSPS) is 12.9. The second kappa shape index (κ2) is 10.3. The number of thioether (sulfide) groups is 1. The summed E-state index contributed by atoms with van der Waals surface area (Å²) >= 11 is 2.94. The molecule has 4 nitrogen and oxygen atoms in total. The van der Waals surface area contributed by atoms with Crippen molar-refractivity contribution in [2.45, 2.75) is 62.1 Å². The number of rotatable bonds is 8. The number of esters is 1. The molecule has 0 saturated heterocycles. The molecule has 0 radical (unpaired) electrons. The quantitative estimate of drug-likeness (QED) is 0.246. The van der Waals surface area contributed by atoms with Gasteiger partial charge < -0.3 is 9.47 Å². The standard InChI is InChI=1S/C26H30FNO3S2/c1-17(15-30-21-13-9-19(10-14-21)18-7-11-20(27)12-8-18)22-16-32-24(28-22)33-26(5,6)23(29)31-25(2,3)4/h7-14,16-17H,15H2,1-6H3. The Morgan fingerprint density at radius 2 is 1.61 bits per heavy atom. The van der Waals surface area contributed by atoms with Crippen LogP contribution in [-0.2, 0) is 9.53 Å². The van der Waals surface area contributed by atoms with Crippen LogP contribution in [0, 0.1) is 5.82 Å². The van der Waals surface area contributed by atoms with E-state index in [2.05, 4.69) is 6.92 Å². The van der Waals surface area contributed by atoms with E-state index in [-0.39, 0.29) is 17.7 Å². The monoisotopic (exact) mass is 487 g/mol. The third-order valence-corrected chi connectivity index (χ3v) is 6.90. The molecular formula is C26H30FNO3S2. The lowest BCUT2D eigenvalue weighted by Crippen LogP contribution is -2.36. The van der Waals surface area contributed by atoms with Crippen LogP contribution in [0.15, 0.2) is 58.3 Å². The van der Waals surface area contributed by atoms with Crippen LogP contribution in [0.25, 0.3) is 11.1 Å². The van der Waals surface area contributed by atoms with Crippen LogP contribution in [0.2, 0.25) is 0 Å². The lowest BCUT2D eigenvalue weighted by atomic mass is 10.1. The maximum absolute atomic E-state index is 13.1. The molecule has 0 aliphatic rings. The van der Waals surface area contributed by atoms with Crippen molar-refractivity contribution in [3.8, 4) is 16.9 Å². The van der Waals surface area contributed by atoms with E-state index in [1.165, 1.54) is 35.2 Å². The molecule has 0 bridgehead atoms. The lowest BCUT2D eigenvalue weighted by Gasteiger charge is -2.27. The molecule has 2 aromatic carbocycles. The molecule has 33 heavy (non-hydrogen) atoms. The highest BCUT2D eigenvalue weighted by Crippen LogP contribution is 2.37. The molecule has 0 amide bonds. The Morgan fingerprint density at radius 3 is 2.18 bits per heavy atom. The van der Waals surface area contributed by atoms with Crippen molar-refractivity contribution >= 4 is 29.1 Å². The number of carbonyl (C=O) groups excluding carboxylic acids is 1. The number of benzene rings is 2. The largest absolute Gasteiger partial charge is 0.493 e. The molecule has 176 valence electrons. The maximum Gasteiger partial charge on any atom is 0.322 e. The van der Waals surface area contributed by atoms with Gasteiger partial charge in [0.15, 0.2) is 4.34 Å². The molecule has 1 aromatic heterocycles. The van der Waals surface area contributed by atoms with Gasteiger partial charge in [0.05, 0.1) is 12.3 Å². The summed E-state index contributed by atoms with van der Waals surface area (Å²) in [7, 11) is 0. The fourth-order valence-electron chi connectivity index (χ4n) is 2.90. The average molecular weight is 488 g/mol. The van der Waals surface area contributed by atoms with Crippen molar-refractivity contribution < 1.29 is 18.7 Å². The fourth-order valence-corrected chi connectivity index (χ4v) is 5.23. The maximum atomic E-state index is 13.1. The summed E-state index contributed by atoms with van der Waals surface area (Å²) in [5.74, 6) is 0.363. The van der Waals surface area contributed by atoms with Gasteiger partial charge >= 0.3 is 5.97 Å². The number of ether oxygens (including phenoxy) is 2. The summed E-state index contributed by atoms with van der Waals surface area (Å²) in [6.07, 6.45) is 0. The molecule has 0 spiro atoms. The highest BCUT2D eigenvalue weighted by Gasteiger charge is 2.34. The molecule has 0 saturated carbocycles. The molecule has 7 heteroatoms. The lowest BCUT2D eigenvalue weighted by molar-refractivity contribution is -0.156. The van der Waals surface area contributed by atoms with Crippen molar-refractivity contribution in [1.82, 2.24) is 4.98 Å². The highest BCUT2D eigenvalue weighted by molar-refractivity contribution is 8.03. The van der Waals surface area contributed by atoms with Crippen LogP contribution in [-0.4, -0.2) is 27.9 Å². The summed E-state index contributed by atoms with van der Waals surface area (Å²) in [5.41, 5.74) is 2.37. The first-order valence-corrected chi connectivity index (χ1v) is 12.5. The Hall–Kier alpha value is -2.38. The van der Waals surface area contributed by atoms with Crippen LogP contribution in [0.3, 0.4) is 0 Å². The van der Waals surface area contributed by atoms with E-state index in [9.17, 15) is 9.18 Å². The SMILES string of the molecule is CC(COc1ccc(-c2ccc(F)cc2)cc1)c1csc(SC(C)(C)C(=O)OC(C)(C)C)n1. The predicted molar refractivity (Wildman–Crippen MR) is 134 cm³/mol. The first kappa shape index (κ1) is 25.2. The molecule has 3 rings (SSSR count). The molecular weight excluding hydrogens is 457 g/mol. The van der Waals surface area contributed by atoms with Gasteiger partial charge in [-0.2, -0.15) is 0 Å². The van der Waals surface area contributed by atoms with Crippen molar-refractivity contribution in [3.05, 3.63) is 65.4 Å². The van der Waals surface area contributed by atoms with Gasteiger partial charge in [0.25, 0.3) is 0 Å². The average Bonchev–Trinajstić information content (AvgIpc) is 3.19. The van der Waals surface area contributed by atoms with E-state index in [1.54, 1.807) is 12.1 Å². The van der Waals surface area contributed by atoms with Crippen LogP contribution < -0.4 is 4.74 Å². The van der Waals surface area contributed by atoms with Crippen molar-refractivity contribution in [2.24, 2.45) is 0 Å². The highest BCUT2D eigenvalue weighted by atomic mass is 32.2. The minimum atomic E-state index is -0.728. The molecule has 1 unspecified atom stereocenters. The first-order valence-electron chi connectivity index (χ1n) is 10.8. The molecule has 1 heterocycles. The predicted octanol–water partition coefficient (Wildman–Crippen LogP) is 7.34. The third-order valence-electron chi connectivity index (χ3n) is 4.77. The molecule has 0 fully saturated rings. The van der Waals surface area contributed by atoms with Crippen molar-refractivity contribution in [3.63, 3.8) is 0 Å². The van der Waals surface area contributed by atoms with E-state index in [0.29, 0.717) is 6.61 Å². The summed E-state index contributed by atoms with van der Waals surface area (Å²) in [4.78, 5) is 17.2. The topological polar surface area (TPSA) is 48.4 Å². The van der Waals surface area contributed by atoms with Gasteiger partial charge in [0, 0.05) is 11.3 Å². The zero-order valence-electron chi connectivity index (χ0n) is 19.8. The Kier molecular flexibility index (Phi) is 7.85. The molecule has 0 aliphatic heterocycles. The molecule has 1 atom stereocenters. The summed E-state index contributed by atoms with van der Waals surface area (Å²) in [5, 5.41) is 2.01. The van der Waals surface area contributed by atoms with Crippen LogP contribution in [0.1, 0.15) is 53.2 Å². The van der Waals surface area contributed by atoms with Crippen LogP contribution >= 0.6 is 23.1 Å². The van der Waals surface area contributed by atoms with E-state index >= 15 is 0 Å². The Balaban J connectivity index is 1.55.